The smallest absolute Gasteiger partial charge is 0.344 e. The molecule has 0 saturated heterocycles. The number of thiophene rings is 1. The van der Waals surface area contributed by atoms with Crippen LogP contribution < -0.4 is 10.1 Å². The van der Waals surface area contributed by atoms with Crippen molar-refractivity contribution in [2.45, 2.75) is 6.92 Å². The van der Waals surface area contributed by atoms with Crippen LogP contribution in [0.4, 0.5) is 0 Å². The Bertz CT molecular complexity index is 700. The van der Waals surface area contributed by atoms with Crippen molar-refractivity contribution in [1.82, 2.24) is 10.3 Å². The highest BCUT2D eigenvalue weighted by molar-refractivity contribution is 7.12. The molecule has 0 aliphatic heterocycles. The molecule has 0 spiro atoms. The zero-order valence-corrected chi connectivity index (χ0v) is 13.1. The molecule has 0 bridgehead atoms. The van der Waals surface area contributed by atoms with Crippen LogP contribution in [0.1, 0.15) is 27.0 Å². The lowest BCUT2D eigenvalue weighted by atomic mass is 10.3. The quantitative estimate of drug-likeness (QED) is 0.807. The molecular weight excluding hydrogens is 320 g/mol. The molecule has 2 aromatic rings. The Morgan fingerprint density at radius 2 is 2.09 bits per heavy atom. The molecule has 8 heteroatoms. The molecule has 23 heavy (non-hydrogen) atoms. The lowest BCUT2D eigenvalue weighted by Gasteiger charge is -2.08. The van der Waals surface area contributed by atoms with E-state index in [2.05, 4.69) is 10.3 Å². The minimum absolute atomic E-state index is 0.117. The first-order valence-corrected chi connectivity index (χ1v) is 7.62. The van der Waals surface area contributed by atoms with Gasteiger partial charge < -0.3 is 9.47 Å². The van der Waals surface area contributed by atoms with Crippen molar-refractivity contribution in [3.63, 3.8) is 0 Å². The number of hydrogen-bond donors (Lipinski definition) is 1. The van der Waals surface area contributed by atoms with Crippen LogP contribution in [0.15, 0.2) is 35.8 Å². The molecule has 7 nitrogen and oxygen atoms in total. The van der Waals surface area contributed by atoms with Crippen LogP contribution >= 0.6 is 11.3 Å². The number of carbonyl (C=O) groups is 3. The molecule has 0 aromatic carbocycles. The molecule has 0 unspecified atom stereocenters. The van der Waals surface area contributed by atoms with Gasteiger partial charge in [-0.3, -0.25) is 14.9 Å². The maximum absolute atomic E-state index is 12.0. The molecule has 1 N–H and O–H groups in total. The molecule has 0 aliphatic carbocycles. The minimum Gasteiger partial charge on any atom is -0.477 e. The predicted molar refractivity (Wildman–Crippen MR) is 82.5 cm³/mol. The average molecular weight is 334 g/mol. The molecule has 2 rings (SSSR count). The summed E-state index contributed by atoms with van der Waals surface area (Å²) >= 11 is 1.20. The lowest BCUT2D eigenvalue weighted by molar-refractivity contribution is -0.123. The minimum atomic E-state index is -0.750. The van der Waals surface area contributed by atoms with E-state index in [4.69, 9.17) is 9.47 Å². The Morgan fingerprint density at radius 1 is 1.26 bits per heavy atom. The molecule has 0 fully saturated rings. The van der Waals surface area contributed by atoms with Crippen molar-refractivity contribution in [2.24, 2.45) is 0 Å². The topological polar surface area (TPSA) is 94.6 Å². The van der Waals surface area contributed by atoms with Crippen molar-refractivity contribution in [3.8, 4) is 5.88 Å². The summed E-state index contributed by atoms with van der Waals surface area (Å²) in [4.78, 5) is 39.6. The van der Waals surface area contributed by atoms with Crippen LogP contribution in [0.2, 0.25) is 0 Å². The van der Waals surface area contributed by atoms with E-state index in [1.165, 1.54) is 23.6 Å². The maximum atomic E-state index is 12.0. The number of hydrogen-bond acceptors (Lipinski definition) is 7. The molecule has 2 amide bonds. The van der Waals surface area contributed by atoms with E-state index >= 15 is 0 Å². The van der Waals surface area contributed by atoms with Crippen molar-refractivity contribution in [2.75, 3.05) is 13.2 Å². The van der Waals surface area contributed by atoms with Crippen LogP contribution in [0, 0.1) is 0 Å². The summed E-state index contributed by atoms with van der Waals surface area (Å²) in [6.07, 6.45) is 1.48. The molecule has 120 valence electrons. The maximum Gasteiger partial charge on any atom is 0.344 e. The first-order valence-electron chi connectivity index (χ1n) is 6.74. The van der Waals surface area contributed by atoms with Gasteiger partial charge in [0.1, 0.15) is 5.56 Å². The van der Waals surface area contributed by atoms with Gasteiger partial charge in [0, 0.05) is 6.20 Å². The van der Waals surface area contributed by atoms with Gasteiger partial charge in [0.05, 0.1) is 11.5 Å². The van der Waals surface area contributed by atoms with Gasteiger partial charge in [-0.05, 0) is 30.5 Å². The van der Waals surface area contributed by atoms with Crippen LogP contribution in [0.25, 0.3) is 0 Å². The van der Waals surface area contributed by atoms with E-state index < -0.39 is 24.4 Å². The molecule has 0 atom stereocenters. The fourth-order valence-corrected chi connectivity index (χ4v) is 2.26. The summed E-state index contributed by atoms with van der Waals surface area (Å²) in [5.41, 5.74) is 0.117. The largest absolute Gasteiger partial charge is 0.477 e. The van der Waals surface area contributed by atoms with E-state index in [-0.39, 0.29) is 11.4 Å². The van der Waals surface area contributed by atoms with E-state index in [9.17, 15) is 14.4 Å². The second-order valence-corrected chi connectivity index (χ2v) is 5.17. The number of ether oxygens (including phenoxy) is 2. The summed E-state index contributed by atoms with van der Waals surface area (Å²) in [5.74, 6) is -1.86. The number of amides is 2. The van der Waals surface area contributed by atoms with Gasteiger partial charge in [0.2, 0.25) is 5.88 Å². The zero-order chi connectivity index (χ0) is 16.7. The van der Waals surface area contributed by atoms with Crippen LogP contribution in [-0.2, 0) is 9.53 Å². The third-order valence-electron chi connectivity index (χ3n) is 2.60. The summed E-state index contributed by atoms with van der Waals surface area (Å²) in [5, 5.41) is 3.86. The van der Waals surface area contributed by atoms with Gasteiger partial charge in [0.15, 0.2) is 6.61 Å². The van der Waals surface area contributed by atoms with Gasteiger partial charge in [-0.25, -0.2) is 9.78 Å². The molecule has 0 radical (unpaired) electrons. The van der Waals surface area contributed by atoms with Crippen LogP contribution in [-0.4, -0.2) is 36.0 Å². The Balaban J connectivity index is 1.89. The number of imide groups is 1. The summed E-state index contributed by atoms with van der Waals surface area (Å²) < 4.78 is 10.1. The van der Waals surface area contributed by atoms with Crippen LogP contribution in [0.3, 0.4) is 0 Å². The third-order valence-corrected chi connectivity index (χ3v) is 3.47. The first-order chi connectivity index (χ1) is 11.1. The molecule has 2 heterocycles. The average Bonchev–Trinajstić information content (AvgIpc) is 3.08. The summed E-state index contributed by atoms with van der Waals surface area (Å²) in [7, 11) is 0. The Kier molecular flexibility index (Phi) is 5.81. The van der Waals surface area contributed by atoms with Crippen LogP contribution in [0.5, 0.6) is 5.88 Å². The van der Waals surface area contributed by atoms with E-state index in [1.54, 1.807) is 30.5 Å². The van der Waals surface area contributed by atoms with Gasteiger partial charge in [0.25, 0.3) is 11.8 Å². The van der Waals surface area contributed by atoms with Gasteiger partial charge >= 0.3 is 5.97 Å². The van der Waals surface area contributed by atoms with Crippen molar-refractivity contribution in [1.29, 1.82) is 0 Å². The van der Waals surface area contributed by atoms with Crippen molar-refractivity contribution in [3.05, 3.63) is 46.3 Å². The normalized spacial score (nSPS) is 9.96. The van der Waals surface area contributed by atoms with Gasteiger partial charge in [-0.2, -0.15) is 0 Å². The van der Waals surface area contributed by atoms with E-state index in [0.717, 1.165) is 0 Å². The van der Waals surface area contributed by atoms with Gasteiger partial charge in [-0.15, -0.1) is 11.3 Å². The van der Waals surface area contributed by atoms with Crippen molar-refractivity contribution < 1.29 is 23.9 Å². The summed E-state index contributed by atoms with van der Waals surface area (Å²) in [6, 6.07) is 6.32. The molecular formula is C15H14N2O5S. The predicted octanol–water partition coefficient (Wildman–Crippen LogP) is 1.66. The molecule has 0 saturated carbocycles. The number of nitrogens with zero attached hydrogens (tertiary/aromatic N) is 1. The number of nitrogens with one attached hydrogen (secondary N) is 1. The first kappa shape index (κ1) is 16.6. The highest BCUT2D eigenvalue weighted by Gasteiger charge is 2.17. The van der Waals surface area contributed by atoms with E-state index in [1.807, 2.05) is 0 Å². The fourth-order valence-electron chi connectivity index (χ4n) is 1.64. The Morgan fingerprint density at radius 3 is 2.78 bits per heavy atom. The van der Waals surface area contributed by atoms with E-state index in [0.29, 0.717) is 11.5 Å². The number of rotatable bonds is 6. The Hall–Kier alpha value is -2.74. The monoisotopic (exact) mass is 334 g/mol. The molecule has 0 aliphatic rings. The number of pyridine rings is 1. The zero-order valence-electron chi connectivity index (χ0n) is 12.3. The standard InChI is InChI=1S/C15H14N2O5S/c1-2-21-14-10(5-3-7-16-14)15(20)22-9-12(18)17-13(19)11-6-4-8-23-11/h3-8H,2,9H2,1H3,(H,17,18,19). The SMILES string of the molecule is CCOc1ncccc1C(=O)OCC(=O)NC(=O)c1cccs1. The highest BCUT2D eigenvalue weighted by atomic mass is 32.1. The number of carbonyl (C=O) groups excluding carboxylic acids is 3. The lowest BCUT2D eigenvalue weighted by Crippen LogP contribution is -2.33. The fraction of sp³-hybridized carbons (Fsp3) is 0.200. The number of esters is 1. The summed E-state index contributed by atoms with van der Waals surface area (Å²) in [6.45, 7) is 1.52. The number of aromatic nitrogens is 1. The van der Waals surface area contributed by atoms with Crippen molar-refractivity contribution >= 4 is 29.1 Å². The highest BCUT2D eigenvalue weighted by Crippen LogP contribution is 2.15. The Labute approximate surface area is 136 Å². The second-order valence-electron chi connectivity index (χ2n) is 4.22. The third kappa shape index (κ3) is 4.62. The van der Waals surface area contributed by atoms with Gasteiger partial charge in [-0.1, -0.05) is 6.07 Å². The molecule has 2 aromatic heterocycles. The second kappa shape index (κ2) is 8.04.